The molecule has 0 amide bonds. The summed E-state index contributed by atoms with van der Waals surface area (Å²) < 4.78 is 0. The van der Waals surface area contributed by atoms with E-state index in [0.29, 0.717) is 5.75 Å². The first-order valence-electron chi connectivity index (χ1n) is 7.35. The van der Waals surface area contributed by atoms with Crippen LogP contribution < -0.4 is 0 Å². The SMILES string of the molecule is CCCc1cc(C)c(C)c(O)c1-c1ccc(C)c(C)c1. The van der Waals surface area contributed by atoms with Crippen molar-refractivity contribution >= 4 is 0 Å². The minimum Gasteiger partial charge on any atom is -0.507 e. The zero-order chi connectivity index (χ0) is 14.9. The Morgan fingerprint density at radius 1 is 0.900 bits per heavy atom. The molecule has 20 heavy (non-hydrogen) atoms. The number of aryl methyl sites for hydroxylation is 4. The number of benzene rings is 2. The Bertz CT molecular complexity index is 639. The first kappa shape index (κ1) is 14.6. The second-order valence-corrected chi connectivity index (χ2v) is 5.75. The Hall–Kier alpha value is -1.76. The van der Waals surface area contributed by atoms with Crippen molar-refractivity contribution in [3.05, 3.63) is 52.1 Å². The van der Waals surface area contributed by atoms with Gasteiger partial charge in [0.1, 0.15) is 5.75 Å². The minimum absolute atomic E-state index is 0.441. The Morgan fingerprint density at radius 3 is 2.20 bits per heavy atom. The minimum atomic E-state index is 0.441. The molecule has 0 fully saturated rings. The number of phenolic OH excluding ortho intramolecular Hbond substituents is 1. The summed E-state index contributed by atoms with van der Waals surface area (Å²) in [6, 6.07) is 8.65. The topological polar surface area (TPSA) is 20.2 Å². The van der Waals surface area contributed by atoms with Crippen molar-refractivity contribution in [1.29, 1.82) is 0 Å². The molecule has 1 nitrogen and oxygen atoms in total. The van der Waals surface area contributed by atoms with Gasteiger partial charge in [0.2, 0.25) is 0 Å². The molecule has 0 bridgehead atoms. The van der Waals surface area contributed by atoms with Crippen LogP contribution in [0.25, 0.3) is 11.1 Å². The number of rotatable bonds is 3. The van der Waals surface area contributed by atoms with Crippen molar-refractivity contribution in [2.75, 3.05) is 0 Å². The Morgan fingerprint density at radius 2 is 1.60 bits per heavy atom. The van der Waals surface area contributed by atoms with E-state index < -0.39 is 0 Å². The lowest BCUT2D eigenvalue weighted by molar-refractivity contribution is 0.472. The summed E-state index contributed by atoms with van der Waals surface area (Å²) in [6.45, 7) is 10.5. The Labute approximate surface area is 122 Å². The van der Waals surface area contributed by atoms with Crippen molar-refractivity contribution in [3.63, 3.8) is 0 Å². The third kappa shape index (κ3) is 2.58. The van der Waals surface area contributed by atoms with Gasteiger partial charge in [-0.25, -0.2) is 0 Å². The lowest BCUT2D eigenvalue weighted by Crippen LogP contribution is -1.96. The summed E-state index contributed by atoms with van der Waals surface area (Å²) in [7, 11) is 0. The summed E-state index contributed by atoms with van der Waals surface area (Å²) in [5.41, 5.74) is 8.08. The van der Waals surface area contributed by atoms with Gasteiger partial charge in [-0.15, -0.1) is 0 Å². The van der Waals surface area contributed by atoms with Crippen LogP contribution in [0.2, 0.25) is 0 Å². The first-order valence-corrected chi connectivity index (χ1v) is 7.35. The number of hydrogen-bond acceptors (Lipinski definition) is 1. The monoisotopic (exact) mass is 268 g/mol. The van der Waals surface area contributed by atoms with Gasteiger partial charge in [0.15, 0.2) is 0 Å². The molecule has 106 valence electrons. The number of aromatic hydroxyl groups is 1. The number of hydrogen-bond donors (Lipinski definition) is 1. The average Bonchev–Trinajstić information content (AvgIpc) is 2.40. The van der Waals surface area contributed by atoms with Crippen LogP contribution in [0.3, 0.4) is 0 Å². The standard InChI is InChI=1S/C19H24O/c1-6-7-16-11-14(4)15(5)19(20)18(16)17-9-8-12(2)13(3)10-17/h8-11,20H,6-7H2,1-5H3. The molecule has 0 aromatic heterocycles. The molecule has 0 heterocycles. The van der Waals surface area contributed by atoms with Crippen LogP contribution in [0.4, 0.5) is 0 Å². The van der Waals surface area contributed by atoms with E-state index in [0.717, 1.165) is 29.5 Å². The highest BCUT2D eigenvalue weighted by atomic mass is 16.3. The summed E-state index contributed by atoms with van der Waals surface area (Å²) in [6.07, 6.45) is 2.08. The average molecular weight is 268 g/mol. The zero-order valence-electron chi connectivity index (χ0n) is 13.2. The van der Waals surface area contributed by atoms with Crippen molar-refractivity contribution in [2.45, 2.75) is 47.5 Å². The summed E-state index contributed by atoms with van der Waals surface area (Å²) in [5, 5.41) is 10.6. The van der Waals surface area contributed by atoms with Crippen LogP contribution in [0.1, 0.15) is 41.2 Å². The second kappa shape index (κ2) is 5.70. The Kier molecular flexibility index (Phi) is 4.17. The van der Waals surface area contributed by atoms with E-state index in [4.69, 9.17) is 0 Å². The first-order chi connectivity index (χ1) is 9.45. The fourth-order valence-corrected chi connectivity index (χ4v) is 2.65. The van der Waals surface area contributed by atoms with Gasteiger partial charge in [0.05, 0.1) is 0 Å². The van der Waals surface area contributed by atoms with E-state index in [1.54, 1.807) is 0 Å². The van der Waals surface area contributed by atoms with Gasteiger partial charge >= 0.3 is 0 Å². The van der Waals surface area contributed by atoms with Gasteiger partial charge < -0.3 is 5.11 Å². The highest BCUT2D eigenvalue weighted by molar-refractivity contribution is 5.77. The molecule has 0 spiro atoms. The highest BCUT2D eigenvalue weighted by Crippen LogP contribution is 2.38. The van der Waals surface area contributed by atoms with Gasteiger partial charge in [0, 0.05) is 5.56 Å². The van der Waals surface area contributed by atoms with Crippen molar-refractivity contribution < 1.29 is 5.11 Å². The molecule has 2 aromatic rings. The van der Waals surface area contributed by atoms with Crippen LogP contribution in [0.5, 0.6) is 5.75 Å². The predicted molar refractivity (Wildman–Crippen MR) is 86.5 cm³/mol. The fourth-order valence-electron chi connectivity index (χ4n) is 2.65. The smallest absolute Gasteiger partial charge is 0.126 e. The molecular weight excluding hydrogens is 244 g/mol. The van der Waals surface area contributed by atoms with Crippen LogP contribution in [0, 0.1) is 27.7 Å². The molecular formula is C19H24O. The third-order valence-corrected chi connectivity index (χ3v) is 4.21. The van der Waals surface area contributed by atoms with Gasteiger partial charge in [-0.2, -0.15) is 0 Å². The van der Waals surface area contributed by atoms with Crippen molar-refractivity contribution in [1.82, 2.24) is 0 Å². The molecule has 0 aliphatic carbocycles. The maximum atomic E-state index is 10.6. The second-order valence-electron chi connectivity index (χ2n) is 5.75. The summed E-state index contributed by atoms with van der Waals surface area (Å²) in [4.78, 5) is 0. The third-order valence-electron chi connectivity index (χ3n) is 4.21. The van der Waals surface area contributed by atoms with E-state index >= 15 is 0 Å². The van der Waals surface area contributed by atoms with E-state index in [1.807, 2.05) is 6.92 Å². The normalized spacial score (nSPS) is 10.8. The van der Waals surface area contributed by atoms with E-state index in [2.05, 4.69) is 52.0 Å². The van der Waals surface area contributed by atoms with E-state index in [9.17, 15) is 5.11 Å². The van der Waals surface area contributed by atoms with Crippen molar-refractivity contribution in [2.24, 2.45) is 0 Å². The summed E-state index contributed by atoms with van der Waals surface area (Å²) in [5.74, 6) is 0.441. The van der Waals surface area contributed by atoms with Crippen LogP contribution in [-0.2, 0) is 6.42 Å². The molecule has 1 heteroatoms. The lowest BCUT2D eigenvalue weighted by atomic mass is 9.90. The molecule has 0 radical (unpaired) electrons. The molecule has 0 saturated carbocycles. The molecule has 2 aromatic carbocycles. The van der Waals surface area contributed by atoms with Crippen LogP contribution >= 0.6 is 0 Å². The Balaban J connectivity index is 2.70. The molecule has 0 aliphatic heterocycles. The van der Waals surface area contributed by atoms with Crippen LogP contribution in [-0.4, -0.2) is 5.11 Å². The fraction of sp³-hybridized carbons (Fsp3) is 0.368. The molecule has 0 atom stereocenters. The molecule has 1 N–H and O–H groups in total. The molecule has 0 saturated heterocycles. The van der Waals surface area contributed by atoms with E-state index in [1.165, 1.54) is 22.3 Å². The van der Waals surface area contributed by atoms with Gasteiger partial charge in [-0.3, -0.25) is 0 Å². The largest absolute Gasteiger partial charge is 0.507 e. The highest BCUT2D eigenvalue weighted by Gasteiger charge is 2.15. The molecule has 0 aliphatic rings. The maximum Gasteiger partial charge on any atom is 0.126 e. The molecule has 0 unspecified atom stereocenters. The molecule has 2 rings (SSSR count). The lowest BCUT2D eigenvalue weighted by Gasteiger charge is -2.16. The summed E-state index contributed by atoms with van der Waals surface area (Å²) >= 11 is 0. The quantitative estimate of drug-likeness (QED) is 0.806. The number of phenols is 1. The predicted octanol–water partition coefficient (Wildman–Crippen LogP) is 5.25. The maximum absolute atomic E-state index is 10.6. The van der Waals surface area contributed by atoms with Crippen LogP contribution in [0.15, 0.2) is 24.3 Å². The van der Waals surface area contributed by atoms with E-state index in [-0.39, 0.29) is 0 Å². The van der Waals surface area contributed by atoms with Gasteiger partial charge in [0.25, 0.3) is 0 Å². The van der Waals surface area contributed by atoms with Crippen molar-refractivity contribution in [3.8, 4) is 16.9 Å². The van der Waals surface area contributed by atoms with Gasteiger partial charge in [-0.05, 0) is 67.5 Å². The van der Waals surface area contributed by atoms with Gasteiger partial charge in [-0.1, -0.05) is 37.6 Å². The zero-order valence-corrected chi connectivity index (χ0v) is 13.2.